The number of nitrogens with zero attached hydrogens (tertiary/aromatic N) is 2. The molecule has 19 heavy (non-hydrogen) atoms. The van der Waals surface area contributed by atoms with Crippen molar-refractivity contribution in [1.29, 1.82) is 0 Å². The van der Waals surface area contributed by atoms with Gasteiger partial charge in [-0.2, -0.15) is 0 Å². The second-order valence-electron chi connectivity index (χ2n) is 5.11. The van der Waals surface area contributed by atoms with Gasteiger partial charge in [0.1, 0.15) is 0 Å². The number of ether oxygens (including phenoxy) is 1. The Bertz CT molecular complexity index is 223. The van der Waals surface area contributed by atoms with Crippen LogP contribution >= 0.6 is 0 Å². The van der Waals surface area contributed by atoms with E-state index in [9.17, 15) is 4.79 Å². The molecular formula is C14H30N2O3. The van der Waals surface area contributed by atoms with Crippen molar-refractivity contribution in [3.8, 4) is 0 Å². The standard InChI is InChI=1S/C14H30N2O3/c1-4-5-12-19-13-6-8-16(9-7-14(17)18)11-10-15(2)3/h4-13H2,1-3H3,(H,17,18). The second-order valence-corrected chi connectivity index (χ2v) is 5.11. The smallest absolute Gasteiger partial charge is 0.304 e. The van der Waals surface area contributed by atoms with Crippen LogP contribution in [0.3, 0.4) is 0 Å². The maximum atomic E-state index is 10.6. The summed E-state index contributed by atoms with van der Waals surface area (Å²) in [4.78, 5) is 15.0. The maximum Gasteiger partial charge on any atom is 0.304 e. The van der Waals surface area contributed by atoms with Crippen molar-refractivity contribution in [3.05, 3.63) is 0 Å². The summed E-state index contributed by atoms with van der Waals surface area (Å²) in [5, 5.41) is 8.75. The van der Waals surface area contributed by atoms with E-state index in [0.717, 1.165) is 52.1 Å². The fourth-order valence-electron chi connectivity index (χ4n) is 1.67. The van der Waals surface area contributed by atoms with E-state index in [1.54, 1.807) is 0 Å². The molecule has 0 heterocycles. The molecule has 0 aliphatic rings. The Morgan fingerprint density at radius 2 is 1.74 bits per heavy atom. The number of hydrogen-bond donors (Lipinski definition) is 1. The van der Waals surface area contributed by atoms with Gasteiger partial charge in [-0.25, -0.2) is 0 Å². The zero-order valence-electron chi connectivity index (χ0n) is 12.7. The van der Waals surface area contributed by atoms with Crippen LogP contribution in [0.4, 0.5) is 0 Å². The van der Waals surface area contributed by atoms with E-state index >= 15 is 0 Å². The highest BCUT2D eigenvalue weighted by Gasteiger charge is 2.07. The highest BCUT2D eigenvalue weighted by atomic mass is 16.5. The monoisotopic (exact) mass is 274 g/mol. The molecule has 0 atom stereocenters. The van der Waals surface area contributed by atoms with Crippen LogP contribution in [0.5, 0.6) is 0 Å². The Kier molecular flexibility index (Phi) is 12.0. The number of carbonyl (C=O) groups is 1. The molecule has 0 unspecified atom stereocenters. The average Bonchev–Trinajstić information content (AvgIpc) is 2.35. The van der Waals surface area contributed by atoms with Crippen LogP contribution in [0.1, 0.15) is 32.6 Å². The molecule has 0 radical (unpaired) electrons. The Balaban J connectivity index is 3.74. The molecule has 114 valence electrons. The van der Waals surface area contributed by atoms with Crippen molar-refractivity contribution in [3.63, 3.8) is 0 Å². The predicted molar refractivity (Wildman–Crippen MR) is 77.6 cm³/mol. The van der Waals surface area contributed by atoms with Crippen molar-refractivity contribution in [2.45, 2.75) is 32.6 Å². The first-order valence-corrected chi connectivity index (χ1v) is 7.23. The van der Waals surface area contributed by atoms with Crippen molar-refractivity contribution < 1.29 is 14.6 Å². The van der Waals surface area contributed by atoms with E-state index in [0.29, 0.717) is 6.54 Å². The van der Waals surface area contributed by atoms with Gasteiger partial charge in [0.05, 0.1) is 6.42 Å². The highest BCUT2D eigenvalue weighted by molar-refractivity contribution is 5.66. The van der Waals surface area contributed by atoms with Gasteiger partial charge < -0.3 is 19.6 Å². The minimum atomic E-state index is -0.728. The Morgan fingerprint density at radius 1 is 1.05 bits per heavy atom. The quantitative estimate of drug-likeness (QED) is 0.516. The van der Waals surface area contributed by atoms with Gasteiger partial charge in [0.2, 0.25) is 0 Å². The van der Waals surface area contributed by atoms with E-state index in [1.807, 2.05) is 14.1 Å². The zero-order chi connectivity index (χ0) is 14.5. The molecule has 1 N–H and O–H groups in total. The number of unbranched alkanes of at least 4 members (excludes halogenated alkanes) is 1. The molecule has 0 amide bonds. The summed E-state index contributed by atoms with van der Waals surface area (Å²) >= 11 is 0. The molecule has 5 nitrogen and oxygen atoms in total. The average molecular weight is 274 g/mol. The first-order valence-electron chi connectivity index (χ1n) is 7.23. The van der Waals surface area contributed by atoms with Gasteiger partial charge in [-0.1, -0.05) is 13.3 Å². The lowest BCUT2D eigenvalue weighted by Gasteiger charge is -2.23. The van der Waals surface area contributed by atoms with E-state index in [-0.39, 0.29) is 6.42 Å². The van der Waals surface area contributed by atoms with Crippen molar-refractivity contribution in [1.82, 2.24) is 9.80 Å². The highest BCUT2D eigenvalue weighted by Crippen LogP contribution is 1.97. The van der Waals surface area contributed by atoms with E-state index < -0.39 is 5.97 Å². The summed E-state index contributed by atoms with van der Waals surface area (Å²) in [6.45, 7) is 7.16. The Labute approximate surface area is 117 Å². The molecular weight excluding hydrogens is 244 g/mol. The summed E-state index contributed by atoms with van der Waals surface area (Å²) in [5.41, 5.74) is 0. The number of carboxylic acids is 1. The largest absolute Gasteiger partial charge is 0.481 e. The number of carboxylic acid groups (broad SMARTS) is 1. The summed E-state index contributed by atoms with van der Waals surface area (Å²) < 4.78 is 5.52. The molecule has 0 aromatic heterocycles. The number of rotatable bonds is 13. The van der Waals surface area contributed by atoms with E-state index in [4.69, 9.17) is 9.84 Å². The van der Waals surface area contributed by atoms with E-state index in [2.05, 4.69) is 16.7 Å². The SMILES string of the molecule is CCCCOCCCN(CCC(=O)O)CCN(C)C. The van der Waals surface area contributed by atoms with Crippen LogP contribution in [0.25, 0.3) is 0 Å². The van der Waals surface area contributed by atoms with Crippen LogP contribution in [0, 0.1) is 0 Å². The molecule has 0 saturated carbocycles. The first kappa shape index (κ1) is 18.4. The van der Waals surface area contributed by atoms with Crippen LogP contribution in [-0.2, 0) is 9.53 Å². The zero-order valence-corrected chi connectivity index (χ0v) is 12.7. The topological polar surface area (TPSA) is 53.0 Å². The summed E-state index contributed by atoms with van der Waals surface area (Å²) in [7, 11) is 4.06. The molecule has 0 aliphatic carbocycles. The van der Waals surface area contributed by atoms with Crippen LogP contribution in [0.2, 0.25) is 0 Å². The minimum absolute atomic E-state index is 0.212. The van der Waals surface area contributed by atoms with Crippen molar-refractivity contribution >= 4 is 5.97 Å². The lowest BCUT2D eigenvalue weighted by atomic mass is 10.3. The summed E-state index contributed by atoms with van der Waals surface area (Å²) in [5.74, 6) is -0.728. The Hall–Kier alpha value is -0.650. The molecule has 0 fully saturated rings. The molecule has 0 aromatic rings. The predicted octanol–water partition coefficient (Wildman–Crippen LogP) is 1.53. The number of hydrogen-bond acceptors (Lipinski definition) is 4. The third-order valence-electron chi connectivity index (χ3n) is 2.91. The van der Waals surface area contributed by atoms with Gasteiger partial charge in [0.25, 0.3) is 0 Å². The third kappa shape index (κ3) is 13.6. The van der Waals surface area contributed by atoms with Gasteiger partial charge in [-0.15, -0.1) is 0 Å². The molecule has 0 rings (SSSR count). The number of likely N-dealkylation sites (N-methyl/N-ethyl adjacent to an activating group) is 1. The Morgan fingerprint density at radius 3 is 2.32 bits per heavy atom. The van der Waals surface area contributed by atoms with E-state index in [1.165, 1.54) is 0 Å². The molecule has 0 saturated heterocycles. The maximum absolute atomic E-state index is 10.6. The van der Waals surface area contributed by atoms with Crippen molar-refractivity contribution in [2.75, 3.05) is 53.5 Å². The molecule has 0 aromatic carbocycles. The molecule has 0 spiro atoms. The third-order valence-corrected chi connectivity index (χ3v) is 2.91. The van der Waals surface area contributed by atoms with Gasteiger partial charge >= 0.3 is 5.97 Å². The lowest BCUT2D eigenvalue weighted by molar-refractivity contribution is -0.137. The molecule has 0 aliphatic heterocycles. The number of aliphatic carboxylic acids is 1. The molecule has 0 bridgehead atoms. The van der Waals surface area contributed by atoms with Crippen molar-refractivity contribution in [2.24, 2.45) is 0 Å². The van der Waals surface area contributed by atoms with Crippen LogP contribution < -0.4 is 0 Å². The normalized spacial score (nSPS) is 11.4. The first-order chi connectivity index (χ1) is 9.06. The van der Waals surface area contributed by atoms with Gasteiger partial charge in [0, 0.05) is 39.4 Å². The van der Waals surface area contributed by atoms with Gasteiger partial charge in [0.15, 0.2) is 0 Å². The van der Waals surface area contributed by atoms with Crippen LogP contribution in [0.15, 0.2) is 0 Å². The fraction of sp³-hybridized carbons (Fsp3) is 0.929. The van der Waals surface area contributed by atoms with Crippen LogP contribution in [-0.4, -0.2) is 74.4 Å². The summed E-state index contributed by atoms with van der Waals surface area (Å²) in [6.07, 6.45) is 3.46. The lowest BCUT2D eigenvalue weighted by Crippen LogP contribution is -2.34. The summed E-state index contributed by atoms with van der Waals surface area (Å²) in [6, 6.07) is 0. The van der Waals surface area contributed by atoms with Gasteiger partial charge in [-0.05, 0) is 26.9 Å². The van der Waals surface area contributed by atoms with Gasteiger partial charge in [-0.3, -0.25) is 4.79 Å². The second kappa shape index (κ2) is 12.4. The fourth-order valence-corrected chi connectivity index (χ4v) is 1.67. The minimum Gasteiger partial charge on any atom is -0.481 e. The molecule has 5 heteroatoms.